The molecule has 3 aromatic rings. The number of amides is 1. The molecule has 21 heavy (non-hydrogen) atoms. The van der Waals surface area contributed by atoms with Crippen LogP contribution >= 0.6 is 0 Å². The van der Waals surface area contributed by atoms with Gasteiger partial charge in [0.15, 0.2) is 0 Å². The summed E-state index contributed by atoms with van der Waals surface area (Å²) in [4.78, 5) is 16.3. The summed E-state index contributed by atoms with van der Waals surface area (Å²) in [5.41, 5.74) is 2.03. The Bertz CT molecular complexity index is 795. The average Bonchev–Trinajstić information content (AvgIpc) is 3.15. The minimum atomic E-state index is -0.115. The van der Waals surface area contributed by atoms with Gasteiger partial charge in [0.05, 0.1) is 17.8 Å². The molecule has 1 fully saturated rings. The summed E-state index contributed by atoms with van der Waals surface area (Å²) < 4.78 is 5.47. The zero-order chi connectivity index (χ0) is 14.2. The first-order chi connectivity index (χ1) is 10.3. The number of carbonyl (C=O) groups excluding carboxylic acids is 1. The fourth-order valence-electron chi connectivity index (χ4n) is 2.99. The van der Waals surface area contributed by atoms with Crippen molar-refractivity contribution in [1.82, 2.24) is 10.3 Å². The first-order valence-corrected chi connectivity index (χ1v) is 6.99. The molecule has 0 radical (unpaired) electrons. The van der Waals surface area contributed by atoms with E-state index in [1.807, 2.05) is 42.6 Å². The quantitative estimate of drug-likeness (QED) is 0.783. The van der Waals surface area contributed by atoms with Crippen LogP contribution in [0.15, 0.2) is 59.3 Å². The van der Waals surface area contributed by atoms with Crippen LogP contribution in [-0.2, 0) is 4.79 Å². The summed E-state index contributed by atoms with van der Waals surface area (Å²) in [6.07, 6.45) is 3.96. The molecule has 0 unspecified atom stereocenters. The van der Waals surface area contributed by atoms with Gasteiger partial charge < -0.3 is 9.73 Å². The minimum Gasteiger partial charge on any atom is -0.467 e. The molecule has 0 spiro atoms. The van der Waals surface area contributed by atoms with Gasteiger partial charge in [-0.05, 0) is 29.8 Å². The van der Waals surface area contributed by atoms with E-state index < -0.39 is 0 Å². The predicted molar refractivity (Wildman–Crippen MR) is 78.7 cm³/mol. The molecule has 104 valence electrons. The van der Waals surface area contributed by atoms with E-state index in [2.05, 4.69) is 16.4 Å². The number of nitrogens with one attached hydrogen (secondary N) is 1. The van der Waals surface area contributed by atoms with E-state index in [9.17, 15) is 4.79 Å². The van der Waals surface area contributed by atoms with Gasteiger partial charge in [0, 0.05) is 23.9 Å². The van der Waals surface area contributed by atoms with Gasteiger partial charge in [0.1, 0.15) is 5.76 Å². The molecule has 1 N–H and O–H groups in total. The molecule has 1 saturated heterocycles. The fraction of sp³-hybridized carbons (Fsp3) is 0.176. The zero-order valence-electron chi connectivity index (χ0n) is 11.3. The molecular weight excluding hydrogens is 264 g/mol. The fourth-order valence-corrected chi connectivity index (χ4v) is 2.99. The molecular formula is C17H14N2O2. The van der Waals surface area contributed by atoms with E-state index in [1.54, 1.807) is 6.26 Å². The zero-order valence-corrected chi connectivity index (χ0v) is 11.3. The minimum absolute atomic E-state index is 0.0505. The Labute approximate surface area is 121 Å². The molecule has 1 amide bonds. The Kier molecular flexibility index (Phi) is 2.74. The smallest absolute Gasteiger partial charge is 0.221 e. The molecule has 2 aromatic heterocycles. The number of hydrogen-bond acceptors (Lipinski definition) is 3. The maximum absolute atomic E-state index is 11.8. The van der Waals surface area contributed by atoms with Crippen LogP contribution in [-0.4, -0.2) is 10.9 Å². The lowest BCUT2D eigenvalue weighted by molar-refractivity contribution is -0.119. The molecule has 4 heteroatoms. The summed E-state index contributed by atoms with van der Waals surface area (Å²) in [6, 6.07) is 13.7. The second-order valence-corrected chi connectivity index (χ2v) is 5.33. The van der Waals surface area contributed by atoms with E-state index in [4.69, 9.17) is 4.42 Å². The van der Waals surface area contributed by atoms with Crippen LogP contribution in [0.2, 0.25) is 0 Å². The number of fused-ring (bicyclic) bond motifs is 1. The van der Waals surface area contributed by atoms with Gasteiger partial charge in [-0.15, -0.1) is 0 Å². The second kappa shape index (κ2) is 4.74. The van der Waals surface area contributed by atoms with E-state index >= 15 is 0 Å². The summed E-state index contributed by atoms with van der Waals surface area (Å²) in [7, 11) is 0. The van der Waals surface area contributed by atoms with Crippen molar-refractivity contribution in [2.24, 2.45) is 0 Å². The van der Waals surface area contributed by atoms with Crippen molar-refractivity contribution in [3.63, 3.8) is 0 Å². The SMILES string of the molecule is O=C1C[C@@H](c2cnc3ccccc3c2)[C@@H](c2ccco2)N1. The van der Waals surface area contributed by atoms with E-state index in [0.29, 0.717) is 6.42 Å². The third kappa shape index (κ3) is 2.09. The van der Waals surface area contributed by atoms with Crippen LogP contribution in [0.1, 0.15) is 29.7 Å². The lowest BCUT2D eigenvalue weighted by atomic mass is 9.91. The van der Waals surface area contributed by atoms with Crippen LogP contribution in [0.4, 0.5) is 0 Å². The maximum atomic E-state index is 11.8. The number of benzene rings is 1. The van der Waals surface area contributed by atoms with Crippen molar-refractivity contribution in [2.45, 2.75) is 18.4 Å². The molecule has 0 bridgehead atoms. The topological polar surface area (TPSA) is 55.1 Å². The Morgan fingerprint density at radius 3 is 2.95 bits per heavy atom. The number of para-hydroxylation sites is 1. The molecule has 3 heterocycles. The number of furan rings is 1. The van der Waals surface area contributed by atoms with Gasteiger partial charge >= 0.3 is 0 Å². The highest BCUT2D eigenvalue weighted by Crippen LogP contribution is 2.38. The van der Waals surface area contributed by atoms with E-state index in [1.165, 1.54) is 0 Å². The van der Waals surface area contributed by atoms with Gasteiger partial charge in [0.2, 0.25) is 5.91 Å². The largest absolute Gasteiger partial charge is 0.467 e. The highest BCUT2D eigenvalue weighted by Gasteiger charge is 2.36. The van der Waals surface area contributed by atoms with Gasteiger partial charge in [-0.3, -0.25) is 9.78 Å². The first-order valence-electron chi connectivity index (χ1n) is 6.99. The molecule has 0 aliphatic carbocycles. The Morgan fingerprint density at radius 2 is 2.10 bits per heavy atom. The number of rotatable bonds is 2. The summed E-state index contributed by atoms with van der Waals surface area (Å²) in [5, 5.41) is 4.08. The van der Waals surface area contributed by atoms with Crippen molar-refractivity contribution in [1.29, 1.82) is 0 Å². The normalized spacial score (nSPS) is 21.6. The van der Waals surface area contributed by atoms with Crippen LogP contribution in [0, 0.1) is 0 Å². The highest BCUT2D eigenvalue weighted by atomic mass is 16.3. The molecule has 4 rings (SSSR count). The number of nitrogens with zero attached hydrogens (tertiary/aromatic N) is 1. The van der Waals surface area contributed by atoms with E-state index in [0.717, 1.165) is 22.2 Å². The molecule has 2 atom stereocenters. The molecule has 4 nitrogen and oxygen atoms in total. The summed E-state index contributed by atoms with van der Waals surface area (Å²) in [6.45, 7) is 0. The first kappa shape index (κ1) is 12.1. The lowest BCUT2D eigenvalue weighted by Crippen LogP contribution is -2.19. The predicted octanol–water partition coefficient (Wildman–Crippen LogP) is 3.17. The third-order valence-electron chi connectivity index (χ3n) is 4.01. The van der Waals surface area contributed by atoms with Gasteiger partial charge in [-0.25, -0.2) is 0 Å². The van der Waals surface area contributed by atoms with Gasteiger partial charge in [0.25, 0.3) is 0 Å². The van der Waals surface area contributed by atoms with Crippen LogP contribution in [0.3, 0.4) is 0 Å². The molecule has 0 saturated carbocycles. The Morgan fingerprint density at radius 1 is 1.19 bits per heavy atom. The van der Waals surface area contributed by atoms with E-state index in [-0.39, 0.29) is 17.9 Å². The average molecular weight is 278 g/mol. The summed E-state index contributed by atoms with van der Waals surface area (Å²) >= 11 is 0. The van der Waals surface area contributed by atoms with Gasteiger partial charge in [-0.1, -0.05) is 18.2 Å². The molecule has 1 aromatic carbocycles. The standard InChI is InChI=1S/C17H14N2O2/c20-16-9-13(17(19-16)15-6-3-7-21-15)12-8-11-4-1-2-5-14(11)18-10-12/h1-8,10,13,17H,9H2,(H,19,20)/t13-,17-/m0/s1. The highest BCUT2D eigenvalue weighted by molar-refractivity contribution is 5.82. The number of hydrogen-bond donors (Lipinski definition) is 1. The lowest BCUT2D eigenvalue weighted by Gasteiger charge is -2.17. The monoisotopic (exact) mass is 278 g/mol. The van der Waals surface area contributed by atoms with Crippen molar-refractivity contribution in [2.75, 3.05) is 0 Å². The number of aromatic nitrogens is 1. The molecule has 1 aliphatic heterocycles. The van der Waals surface area contributed by atoms with Crippen molar-refractivity contribution in [3.05, 3.63) is 66.2 Å². The maximum Gasteiger partial charge on any atom is 0.221 e. The number of pyridine rings is 1. The van der Waals surface area contributed by atoms with Gasteiger partial charge in [-0.2, -0.15) is 0 Å². The van der Waals surface area contributed by atoms with Crippen molar-refractivity contribution < 1.29 is 9.21 Å². The van der Waals surface area contributed by atoms with Crippen LogP contribution in [0.25, 0.3) is 10.9 Å². The number of carbonyl (C=O) groups is 1. The van der Waals surface area contributed by atoms with Crippen LogP contribution < -0.4 is 5.32 Å². The summed E-state index contributed by atoms with van der Waals surface area (Å²) in [5.74, 6) is 0.898. The Balaban J connectivity index is 1.77. The van der Waals surface area contributed by atoms with Crippen LogP contribution in [0.5, 0.6) is 0 Å². The third-order valence-corrected chi connectivity index (χ3v) is 4.01. The second-order valence-electron chi connectivity index (χ2n) is 5.33. The van der Waals surface area contributed by atoms with Crippen molar-refractivity contribution in [3.8, 4) is 0 Å². The molecule has 1 aliphatic rings. The van der Waals surface area contributed by atoms with Crippen molar-refractivity contribution >= 4 is 16.8 Å². The Hall–Kier alpha value is -2.62.